The van der Waals surface area contributed by atoms with Crippen molar-refractivity contribution < 1.29 is 4.74 Å². The minimum Gasteiger partial charge on any atom is -0.361 e. The second-order valence-electron chi connectivity index (χ2n) is 2.20. The van der Waals surface area contributed by atoms with Crippen molar-refractivity contribution in [1.82, 2.24) is 4.98 Å². The van der Waals surface area contributed by atoms with Crippen LogP contribution in [0.1, 0.15) is 5.56 Å². The van der Waals surface area contributed by atoms with Gasteiger partial charge in [-0.2, -0.15) is 0 Å². The maximum atomic E-state index is 5.16. The SMILES string of the molecule is c1cc2c(cn1)NCOC2. The summed E-state index contributed by atoms with van der Waals surface area (Å²) in [5.74, 6) is 0. The van der Waals surface area contributed by atoms with Crippen LogP contribution in [-0.4, -0.2) is 11.7 Å². The molecule has 1 aliphatic rings. The van der Waals surface area contributed by atoms with E-state index in [1.807, 2.05) is 12.3 Å². The lowest BCUT2D eigenvalue weighted by Gasteiger charge is -2.16. The zero-order valence-corrected chi connectivity index (χ0v) is 5.50. The summed E-state index contributed by atoms with van der Waals surface area (Å²) in [6, 6.07) is 1.96. The van der Waals surface area contributed by atoms with E-state index in [0.717, 1.165) is 5.69 Å². The number of nitrogens with one attached hydrogen (secondary N) is 1. The number of fused-ring (bicyclic) bond motifs is 1. The Kier molecular flexibility index (Phi) is 1.29. The molecule has 0 radical (unpaired) electrons. The Morgan fingerprint density at radius 2 is 2.60 bits per heavy atom. The quantitative estimate of drug-likeness (QED) is 0.577. The largest absolute Gasteiger partial charge is 0.361 e. The third-order valence-corrected chi connectivity index (χ3v) is 1.53. The first-order valence-electron chi connectivity index (χ1n) is 3.21. The Balaban J connectivity index is 2.41. The summed E-state index contributed by atoms with van der Waals surface area (Å²) in [6.45, 7) is 1.30. The highest BCUT2D eigenvalue weighted by atomic mass is 16.5. The summed E-state index contributed by atoms with van der Waals surface area (Å²) in [7, 11) is 0. The van der Waals surface area contributed by atoms with Crippen LogP contribution < -0.4 is 5.32 Å². The van der Waals surface area contributed by atoms with E-state index in [9.17, 15) is 0 Å². The summed E-state index contributed by atoms with van der Waals surface area (Å²) in [6.07, 6.45) is 3.59. The Morgan fingerprint density at radius 1 is 1.60 bits per heavy atom. The molecule has 0 aromatic carbocycles. The van der Waals surface area contributed by atoms with Crippen LogP contribution in [0.25, 0.3) is 0 Å². The molecule has 0 amide bonds. The van der Waals surface area contributed by atoms with E-state index in [-0.39, 0.29) is 0 Å². The molecule has 0 aliphatic carbocycles. The molecule has 3 nitrogen and oxygen atoms in total. The molecule has 52 valence electrons. The van der Waals surface area contributed by atoms with Gasteiger partial charge in [0.25, 0.3) is 0 Å². The topological polar surface area (TPSA) is 34.2 Å². The molecule has 1 aromatic rings. The molecular formula is C7H8N2O. The Hall–Kier alpha value is -1.09. The standard InChI is InChI=1S/C7H8N2O/c1-2-8-3-7-6(1)4-10-5-9-7/h1-3,9H,4-5H2. The van der Waals surface area contributed by atoms with Crippen LogP contribution in [0, 0.1) is 0 Å². The molecule has 10 heavy (non-hydrogen) atoms. The van der Waals surface area contributed by atoms with Gasteiger partial charge >= 0.3 is 0 Å². The van der Waals surface area contributed by atoms with Crippen molar-refractivity contribution in [2.45, 2.75) is 6.61 Å². The number of hydrogen-bond acceptors (Lipinski definition) is 3. The van der Waals surface area contributed by atoms with E-state index in [1.165, 1.54) is 5.56 Å². The molecule has 1 N–H and O–H groups in total. The average molecular weight is 136 g/mol. The molecule has 0 spiro atoms. The van der Waals surface area contributed by atoms with E-state index >= 15 is 0 Å². The molecule has 0 saturated carbocycles. The predicted octanol–water partition coefficient (Wildman–Crippen LogP) is 0.981. The van der Waals surface area contributed by atoms with Gasteiger partial charge in [-0.3, -0.25) is 4.98 Å². The van der Waals surface area contributed by atoms with E-state index in [0.29, 0.717) is 13.3 Å². The Bertz CT molecular complexity index is 212. The zero-order valence-electron chi connectivity index (χ0n) is 5.50. The summed E-state index contributed by atoms with van der Waals surface area (Å²) >= 11 is 0. The van der Waals surface area contributed by atoms with Crippen LogP contribution in [0.5, 0.6) is 0 Å². The smallest absolute Gasteiger partial charge is 0.116 e. The van der Waals surface area contributed by atoms with Crippen molar-refractivity contribution in [1.29, 1.82) is 0 Å². The monoisotopic (exact) mass is 136 g/mol. The molecule has 0 unspecified atom stereocenters. The third kappa shape index (κ3) is 0.844. The van der Waals surface area contributed by atoms with E-state index in [1.54, 1.807) is 6.20 Å². The van der Waals surface area contributed by atoms with Gasteiger partial charge in [0.05, 0.1) is 18.5 Å². The molecule has 2 rings (SSSR count). The minimum atomic E-state index is 0.596. The van der Waals surface area contributed by atoms with Gasteiger partial charge in [-0.05, 0) is 6.07 Å². The third-order valence-electron chi connectivity index (χ3n) is 1.53. The Morgan fingerprint density at radius 3 is 3.50 bits per heavy atom. The maximum Gasteiger partial charge on any atom is 0.116 e. The van der Waals surface area contributed by atoms with Gasteiger partial charge in [0.1, 0.15) is 6.73 Å². The average Bonchev–Trinajstić information content (AvgIpc) is 2.05. The highest BCUT2D eigenvalue weighted by Gasteiger charge is 2.05. The van der Waals surface area contributed by atoms with Crippen LogP contribution in [0.15, 0.2) is 18.5 Å². The molecule has 0 bridgehead atoms. The molecule has 0 fully saturated rings. The van der Waals surface area contributed by atoms with Crippen LogP contribution in [0.2, 0.25) is 0 Å². The number of rotatable bonds is 0. The number of aromatic nitrogens is 1. The van der Waals surface area contributed by atoms with E-state index in [2.05, 4.69) is 10.3 Å². The van der Waals surface area contributed by atoms with Gasteiger partial charge < -0.3 is 10.1 Å². The number of pyridine rings is 1. The normalized spacial score (nSPS) is 15.6. The second kappa shape index (κ2) is 2.27. The zero-order chi connectivity index (χ0) is 6.81. The fraction of sp³-hybridized carbons (Fsp3) is 0.286. The van der Waals surface area contributed by atoms with Crippen molar-refractivity contribution in [3.8, 4) is 0 Å². The molecule has 1 aliphatic heterocycles. The molecule has 1 aromatic heterocycles. The number of ether oxygens (including phenoxy) is 1. The van der Waals surface area contributed by atoms with Gasteiger partial charge in [-0.1, -0.05) is 0 Å². The molecule has 0 saturated heterocycles. The predicted molar refractivity (Wildman–Crippen MR) is 37.5 cm³/mol. The van der Waals surface area contributed by atoms with Crippen molar-refractivity contribution in [2.75, 3.05) is 12.0 Å². The lowest BCUT2D eigenvalue weighted by Crippen LogP contribution is -2.14. The second-order valence-corrected chi connectivity index (χ2v) is 2.20. The number of hydrogen-bond donors (Lipinski definition) is 1. The number of anilines is 1. The van der Waals surface area contributed by atoms with E-state index < -0.39 is 0 Å². The lowest BCUT2D eigenvalue weighted by molar-refractivity contribution is 0.130. The van der Waals surface area contributed by atoms with Crippen molar-refractivity contribution in [2.24, 2.45) is 0 Å². The van der Waals surface area contributed by atoms with Crippen LogP contribution in [0.3, 0.4) is 0 Å². The van der Waals surface area contributed by atoms with Gasteiger partial charge in [0, 0.05) is 11.8 Å². The van der Waals surface area contributed by atoms with Gasteiger partial charge in [-0.25, -0.2) is 0 Å². The highest BCUT2D eigenvalue weighted by Crippen LogP contribution is 2.17. The first kappa shape index (κ1) is 5.68. The van der Waals surface area contributed by atoms with Crippen molar-refractivity contribution in [3.63, 3.8) is 0 Å². The van der Waals surface area contributed by atoms with Crippen LogP contribution in [0.4, 0.5) is 5.69 Å². The van der Waals surface area contributed by atoms with Gasteiger partial charge in [0.2, 0.25) is 0 Å². The summed E-state index contributed by atoms with van der Waals surface area (Å²) in [5, 5.41) is 3.08. The summed E-state index contributed by atoms with van der Waals surface area (Å²) in [4.78, 5) is 3.98. The van der Waals surface area contributed by atoms with Crippen LogP contribution in [-0.2, 0) is 11.3 Å². The first-order chi connectivity index (χ1) is 4.97. The Labute approximate surface area is 59.0 Å². The van der Waals surface area contributed by atoms with Gasteiger partial charge in [0.15, 0.2) is 0 Å². The molecule has 2 heterocycles. The van der Waals surface area contributed by atoms with Crippen molar-refractivity contribution in [3.05, 3.63) is 24.0 Å². The first-order valence-corrected chi connectivity index (χ1v) is 3.21. The molecular weight excluding hydrogens is 128 g/mol. The van der Waals surface area contributed by atoms with Gasteiger partial charge in [-0.15, -0.1) is 0 Å². The van der Waals surface area contributed by atoms with E-state index in [4.69, 9.17) is 4.74 Å². The fourth-order valence-electron chi connectivity index (χ4n) is 0.998. The van der Waals surface area contributed by atoms with Crippen molar-refractivity contribution >= 4 is 5.69 Å². The highest BCUT2D eigenvalue weighted by molar-refractivity contribution is 5.49. The van der Waals surface area contributed by atoms with Crippen LogP contribution >= 0.6 is 0 Å². The minimum absolute atomic E-state index is 0.596. The fourth-order valence-corrected chi connectivity index (χ4v) is 0.998. The summed E-state index contributed by atoms with van der Waals surface area (Å²) in [5.41, 5.74) is 2.27. The lowest BCUT2D eigenvalue weighted by atomic mass is 10.2. The molecule has 3 heteroatoms. The maximum absolute atomic E-state index is 5.16. The summed E-state index contributed by atoms with van der Waals surface area (Å²) < 4.78 is 5.16. The molecule has 0 atom stereocenters. The number of nitrogens with zero attached hydrogens (tertiary/aromatic N) is 1.